The van der Waals surface area contributed by atoms with Gasteiger partial charge in [0.15, 0.2) is 6.10 Å². The van der Waals surface area contributed by atoms with Gasteiger partial charge in [0.1, 0.15) is 12.4 Å². The first-order valence-electron chi connectivity index (χ1n) is 12.5. The summed E-state index contributed by atoms with van der Waals surface area (Å²) in [4.78, 5) is 27.3. The van der Waals surface area contributed by atoms with Gasteiger partial charge < -0.3 is 24.8 Å². The van der Waals surface area contributed by atoms with E-state index in [1.165, 1.54) is 4.90 Å². The number of rotatable bonds is 15. The fraction of sp³-hybridized carbons (Fsp3) is 0.310. The van der Waals surface area contributed by atoms with E-state index in [4.69, 9.17) is 21.1 Å². The number of carboxylic acids is 1. The highest BCUT2D eigenvalue weighted by Gasteiger charge is 2.18. The van der Waals surface area contributed by atoms with Gasteiger partial charge in [0.05, 0.1) is 17.3 Å². The van der Waals surface area contributed by atoms with Crippen LogP contribution in [0.5, 0.6) is 5.75 Å². The normalized spacial score (nSPS) is 11.5. The number of aliphatic carboxylic acids is 1. The molecule has 1 atom stereocenters. The summed E-state index contributed by atoms with van der Waals surface area (Å²) in [5, 5.41) is 12.7. The van der Waals surface area contributed by atoms with Crippen molar-refractivity contribution in [2.24, 2.45) is 0 Å². The van der Waals surface area contributed by atoms with Gasteiger partial charge in [0.2, 0.25) is 0 Å². The van der Waals surface area contributed by atoms with Crippen molar-refractivity contribution in [3.05, 3.63) is 89.4 Å². The number of nitrogens with zero attached hydrogens (tertiary/aromatic N) is 1. The van der Waals surface area contributed by atoms with Crippen LogP contribution in [0.4, 0.5) is 10.5 Å². The maximum atomic E-state index is 13.1. The summed E-state index contributed by atoms with van der Waals surface area (Å²) in [6, 6.07) is 24.3. The number of benzene rings is 3. The number of urea groups is 1. The van der Waals surface area contributed by atoms with Crippen molar-refractivity contribution in [3.8, 4) is 5.75 Å². The zero-order valence-corrected chi connectivity index (χ0v) is 22.9. The van der Waals surface area contributed by atoms with Crippen molar-refractivity contribution in [1.82, 2.24) is 4.90 Å². The maximum Gasteiger partial charge on any atom is 0.333 e. The van der Waals surface area contributed by atoms with Crippen molar-refractivity contribution >= 4 is 41.1 Å². The third-order valence-corrected chi connectivity index (χ3v) is 7.03. The van der Waals surface area contributed by atoms with Gasteiger partial charge in [0.25, 0.3) is 0 Å². The Labute approximate surface area is 233 Å². The number of nitrogens with one attached hydrogen (secondary N) is 1. The number of carbonyl (C=O) groups excluding carboxylic acids is 1. The Hall–Kier alpha value is -3.20. The molecule has 0 bridgehead atoms. The molecule has 0 aliphatic rings. The zero-order valence-electron chi connectivity index (χ0n) is 21.3. The number of para-hydroxylation sites is 1. The van der Waals surface area contributed by atoms with Crippen molar-refractivity contribution in [3.63, 3.8) is 0 Å². The lowest BCUT2D eigenvalue weighted by atomic mass is 10.1. The fourth-order valence-corrected chi connectivity index (χ4v) is 4.70. The van der Waals surface area contributed by atoms with Crippen LogP contribution in [0.15, 0.2) is 83.8 Å². The largest absolute Gasteiger partial charge is 0.492 e. The topological polar surface area (TPSA) is 88.1 Å². The molecule has 0 saturated heterocycles. The van der Waals surface area contributed by atoms with Crippen LogP contribution < -0.4 is 10.1 Å². The standard InChI is InChI=1S/C29H33ClN2O5S/c1-2-36-27(28(33)34)21-22-13-15-23(16-14-22)37-19-18-32(17-8-20-38-24-9-4-3-5-10-24)29(35)31-26-12-7-6-11-25(26)30/h3-7,9-16,27H,2,8,17-21H2,1H3,(H,31,35)(H,33,34). The molecule has 202 valence electrons. The first-order valence-corrected chi connectivity index (χ1v) is 13.9. The first-order chi connectivity index (χ1) is 18.5. The van der Waals surface area contributed by atoms with E-state index in [0.29, 0.717) is 42.8 Å². The van der Waals surface area contributed by atoms with E-state index in [-0.39, 0.29) is 12.5 Å². The first kappa shape index (κ1) is 29.4. The quantitative estimate of drug-likeness (QED) is 0.165. The second-order valence-corrected chi connectivity index (χ2v) is 9.97. The van der Waals surface area contributed by atoms with Crippen LogP contribution in [0.25, 0.3) is 0 Å². The monoisotopic (exact) mass is 556 g/mol. The molecule has 0 aliphatic carbocycles. The molecule has 3 aromatic rings. The predicted octanol–water partition coefficient (Wildman–Crippen LogP) is 6.47. The van der Waals surface area contributed by atoms with Gasteiger partial charge in [-0.25, -0.2) is 9.59 Å². The molecule has 0 saturated carbocycles. The van der Waals surface area contributed by atoms with E-state index in [0.717, 1.165) is 17.7 Å². The van der Waals surface area contributed by atoms with E-state index in [1.54, 1.807) is 47.9 Å². The molecule has 7 nitrogen and oxygen atoms in total. The Morgan fingerprint density at radius 1 is 1.00 bits per heavy atom. The Bertz CT molecular complexity index is 1150. The number of hydrogen-bond acceptors (Lipinski definition) is 5. The molecule has 9 heteroatoms. The lowest BCUT2D eigenvalue weighted by molar-refractivity contribution is -0.149. The molecule has 0 heterocycles. The summed E-state index contributed by atoms with van der Waals surface area (Å²) in [6.07, 6.45) is 0.215. The molecule has 0 aromatic heterocycles. The van der Waals surface area contributed by atoms with Gasteiger partial charge in [-0.2, -0.15) is 0 Å². The number of carbonyl (C=O) groups is 2. The fourth-order valence-electron chi connectivity index (χ4n) is 3.66. The molecule has 0 spiro atoms. The average molecular weight is 557 g/mol. The van der Waals surface area contributed by atoms with Gasteiger partial charge in [0, 0.05) is 24.5 Å². The Morgan fingerprint density at radius 3 is 2.39 bits per heavy atom. The second kappa shape index (κ2) is 15.9. The van der Waals surface area contributed by atoms with Crippen LogP contribution in [-0.4, -0.2) is 60.2 Å². The molecular weight excluding hydrogens is 524 g/mol. The van der Waals surface area contributed by atoms with E-state index in [2.05, 4.69) is 17.4 Å². The third kappa shape index (κ3) is 9.93. The maximum absolute atomic E-state index is 13.1. The lowest BCUT2D eigenvalue weighted by Crippen LogP contribution is -2.38. The van der Waals surface area contributed by atoms with Crippen LogP contribution in [0.2, 0.25) is 5.02 Å². The van der Waals surface area contributed by atoms with Crippen LogP contribution in [0, 0.1) is 0 Å². The van der Waals surface area contributed by atoms with E-state index >= 15 is 0 Å². The SMILES string of the molecule is CCOC(Cc1ccc(OCCN(CCCSc2ccccc2)C(=O)Nc2ccccc2Cl)cc1)C(=O)O. The molecule has 2 N–H and O–H groups in total. The molecule has 2 amide bonds. The number of ether oxygens (including phenoxy) is 2. The van der Waals surface area contributed by atoms with Gasteiger partial charge >= 0.3 is 12.0 Å². The molecule has 3 rings (SSSR count). The Morgan fingerprint density at radius 2 is 1.71 bits per heavy atom. The van der Waals surface area contributed by atoms with Crippen LogP contribution in [0.3, 0.4) is 0 Å². The summed E-state index contributed by atoms with van der Waals surface area (Å²) < 4.78 is 11.2. The van der Waals surface area contributed by atoms with Gasteiger partial charge in [-0.3, -0.25) is 0 Å². The smallest absolute Gasteiger partial charge is 0.333 e. The second-order valence-electron chi connectivity index (χ2n) is 8.39. The van der Waals surface area contributed by atoms with E-state index in [9.17, 15) is 14.7 Å². The van der Waals surface area contributed by atoms with Gasteiger partial charge in [-0.15, -0.1) is 11.8 Å². The molecule has 0 aliphatic heterocycles. The summed E-state index contributed by atoms with van der Waals surface area (Å²) in [6.45, 7) is 3.36. The third-order valence-electron chi connectivity index (χ3n) is 5.60. The highest BCUT2D eigenvalue weighted by molar-refractivity contribution is 7.99. The van der Waals surface area contributed by atoms with Crippen molar-refractivity contribution in [1.29, 1.82) is 0 Å². The highest BCUT2D eigenvalue weighted by atomic mass is 35.5. The van der Waals surface area contributed by atoms with Crippen LogP contribution in [-0.2, 0) is 16.0 Å². The number of carboxylic acid groups (broad SMARTS) is 1. The molecule has 0 radical (unpaired) electrons. The number of hydrogen-bond donors (Lipinski definition) is 2. The average Bonchev–Trinajstić information content (AvgIpc) is 2.92. The molecule has 3 aromatic carbocycles. The zero-order chi connectivity index (χ0) is 27.2. The minimum atomic E-state index is -0.982. The number of amides is 2. The Kier molecular flexibility index (Phi) is 12.3. The van der Waals surface area contributed by atoms with Crippen molar-refractivity contribution < 1.29 is 24.2 Å². The van der Waals surface area contributed by atoms with Crippen LogP contribution in [0.1, 0.15) is 18.9 Å². The lowest BCUT2D eigenvalue weighted by Gasteiger charge is -2.23. The summed E-state index contributed by atoms with van der Waals surface area (Å²) in [5.41, 5.74) is 1.40. The summed E-state index contributed by atoms with van der Waals surface area (Å²) >= 11 is 7.98. The molecule has 1 unspecified atom stereocenters. The number of anilines is 1. The minimum absolute atomic E-state index is 0.239. The van der Waals surface area contributed by atoms with Crippen molar-refractivity contribution in [2.75, 3.05) is 37.4 Å². The number of thioether (sulfide) groups is 1. The molecule has 0 fully saturated rings. The molecule has 38 heavy (non-hydrogen) atoms. The predicted molar refractivity (Wildman–Crippen MR) is 153 cm³/mol. The Balaban J connectivity index is 1.54. The molecular formula is C29H33ClN2O5S. The number of halogens is 1. The highest BCUT2D eigenvalue weighted by Crippen LogP contribution is 2.22. The van der Waals surface area contributed by atoms with Gasteiger partial charge in [-0.05, 0) is 61.1 Å². The van der Waals surface area contributed by atoms with Gasteiger partial charge in [-0.1, -0.05) is 54.1 Å². The van der Waals surface area contributed by atoms with Crippen LogP contribution >= 0.6 is 23.4 Å². The summed E-state index contributed by atoms with van der Waals surface area (Å²) in [5.74, 6) is 0.536. The van der Waals surface area contributed by atoms with E-state index < -0.39 is 12.1 Å². The van der Waals surface area contributed by atoms with Crippen molar-refractivity contribution in [2.45, 2.75) is 30.8 Å². The minimum Gasteiger partial charge on any atom is -0.492 e. The van der Waals surface area contributed by atoms with E-state index in [1.807, 2.05) is 42.5 Å². The summed E-state index contributed by atoms with van der Waals surface area (Å²) in [7, 11) is 0.